The largest absolute Gasteiger partial charge is 0.493 e. The molecule has 0 radical (unpaired) electrons. The zero-order chi connectivity index (χ0) is 14.6. The Morgan fingerprint density at radius 3 is 2.29 bits per heavy atom. The maximum atomic E-state index is 5.47. The monoisotopic (exact) mass is 287 g/mol. The minimum absolute atomic E-state index is 0.461. The zero-order valence-corrected chi connectivity index (χ0v) is 13.1. The van der Waals surface area contributed by atoms with Crippen LogP contribution in [0.5, 0.6) is 11.5 Å². The molecule has 0 aromatic heterocycles. The Bertz CT molecular complexity index is 528. The highest BCUT2D eigenvalue weighted by Crippen LogP contribution is 2.72. The van der Waals surface area contributed by atoms with Gasteiger partial charge < -0.3 is 14.8 Å². The van der Waals surface area contributed by atoms with Crippen LogP contribution in [0.3, 0.4) is 0 Å². The average Bonchev–Trinajstić information content (AvgIpc) is 2.93. The number of hydrogen-bond acceptors (Lipinski definition) is 3. The van der Waals surface area contributed by atoms with Crippen molar-refractivity contribution in [3.05, 3.63) is 23.8 Å². The summed E-state index contributed by atoms with van der Waals surface area (Å²) in [5.41, 5.74) is 1.34. The van der Waals surface area contributed by atoms with E-state index in [2.05, 4.69) is 24.5 Å². The standard InChI is InChI=1S/C18H25NO2/c1-19-18(12-6-7-13(20-2)14(9-12)21-3)17-15-10-4-5-11(8-10)16(15)17/h6-7,9-11,15-19H,4-5,8H2,1-3H3. The predicted octanol–water partition coefficient (Wildman–Crippen LogP) is 3.26. The summed E-state index contributed by atoms with van der Waals surface area (Å²) in [6.07, 6.45) is 4.46. The molecule has 1 aromatic carbocycles. The topological polar surface area (TPSA) is 30.5 Å². The first-order valence-electron chi connectivity index (χ1n) is 8.17. The van der Waals surface area contributed by atoms with Crippen molar-refractivity contribution in [1.82, 2.24) is 5.32 Å². The highest BCUT2D eigenvalue weighted by molar-refractivity contribution is 5.44. The summed E-state index contributed by atoms with van der Waals surface area (Å²) >= 11 is 0. The summed E-state index contributed by atoms with van der Waals surface area (Å²) < 4.78 is 10.8. The molecule has 5 atom stereocenters. The van der Waals surface area contributed by atoms with Gasteiger partial charge in [-0.25, -0.2) is 0 Å². The molecule has 3 aliphatic rings. The van der Waals surface area contributed by atoms with Crippen molar-refractivity contribution in [1.29, 1.82) is 0 Å². The fraction of sp³-hybridized carbons (Fsp3) is 0.667. The molecule has 0 heterocycles. The third-order valence-electron chi connectivity index (χ3n) is 6.26. The Kier molecular flexibility index (Phi) is 3.14. The molecule has 114 valence electrons. The van der Waals surface area contributed by atoms with Gasteiger partial charge in [-0.1, -0.05) is 6.07 Å². The molecule has 3 heteroatoms. The van der Waals surface area contributed by atoms with Crippen molar-refractivity contribution >= 4 is 0 Å². The van der Waals surface area contributed by atoms with E-state index in [9.17, 15) is 0 Å². The summed E-state index contributed by atoms with van der Waals surface area (Å²) in [5.74, 6) is 6.47. The second kappa shape index (κ2) is 4.91. The Morgan fingerprint density at radius 2 is 1.71 bits per heavy atom. The number of rotatable bonds is 5. The quantitative estimate of drug-likeness (QED) is 0.901. The minimum atomic E-state index is 0.461. The molecule has 2 bridgehead atoms. The van der Waals surface area contributed by atoms with Gasteiger partial charge in [0.25, 0.3) is 0 Å². The molecule has 3 aliphatic carbocycles. The van der Waals surface area contributed by atoms with Gasteiger partial charge in [-0.3, -0.25) is 0 Å². The van der Waals surface area contributed by atoms with Crippen molar-refractivity contribution in [2.75, 3.05) is 21.3 Å². The Balaban J connectivity index is 1.60. The lowest BCUT2D eigenvalue weighted by Gasteiger charge is -2.21. The SMILES string of the molecule is CNC(c1ccc(OC)c(OC)c1)C1C2C3CCC(C3)C21. The number of fused-ring (bicyclic) bond motifs is 5. The van der Waals surface area contributed by atoms with Crippen molar-refractivity contribution in [3.8, 4) is 11.5 Å². The molecule has 0 aliphatic heterocycles. The van der Waals surface area contributed by atoms with Gasteiger partial charge in [0.05, 0.1) is 14.2 Å². The van der Waals surface area contributed by atoms with E-state index in [1.807, 2.05) is 6.07 Å². The molecule has 21 heavy (non-hydrogen) atoms. The summed E-state index contributed by atoms with van der Waals surface area (Å²) in [7, 11) is 5.50. The van der Waals surface area contributed by atoms with Crippen LogP contribution >= 0.6 is 0 Å². The number of hydrogen-bond donors (Lipinski definition) is 1. The van der Waals surface area contributed by atoms with Gasteiger partial charge in [-0.15, -0.1) is 0 Å². The summed E-state index contributed by atoms with van der Waals surface area (Å²) in [4.78, 5) is 0. The van der Waals surface area contributed by atoms with Crippen LogP contribution in [0.2, 0.25) is 0 Å². The lowest BCUT2D eigenvalue weighted by molar-refractivity contribution is 0.351. The average molecular weight is 287 g/mol. The molecule has 0 spiro atoms. The molecule has 0 saturated heterocycles. The van der Waals surface area contributed by atoms with Crippen LogP contribution in [0.15, 0.2) is 18.2 Å². The van der Waals surface area contributed by atoms with Crippen LogP contribution in [0.25, 0.3) is 0 Å². The number of ether oxygens (including phenoxy) is 2. The van der Waals surface area contributed by atoms with E-state index in [1.54, 1.807) is 14.2 Å². The van der Waals surface area contributed by atoms with E-state index in [0.717, 1.165) is 41.1 Å². The smallest absolute Gasteiger partial charge is 0.161 e. The van der Waals surface area contributed by atoms with Crippen LogP contribution < -0.4 is 14.8 Å². The Labute approximate surface area is 127 Å². The van der Waals surface area contributed by atoms with E-state index < -0.39 is 0 Å². The van der Waals surface area contributed by atoms with Crippen LogP contribution in [0, 0.1) is 29.6 Å². The third-order valence-corrected chi connectivity index (χ3v) is 6.26. The first-order valence-corrected chi connectivity index (χ1v) is 8.17. The molecule has 3 fully saturated rings. The van der Waals surface area contributed by atoms with Crippen molar-refractivity contribution in [2.45, 2.75) is 25.3 Å². The van der Waals surface area contributed by atoms with Crippen molar-refractivity contribution < 1.29 is 9.47 Å². The van der Waals surface area contributed by atoms with Gasteiger partial charge in [0.2, 0.25) is 0 Å². The van der Waals surface area contributed by atoms with Crippen molar-refractivity contribution in [3.63, 3.8) is 0 Å². The summed E-state index contributed by atoms with van der Waals surface area (Å²) in [6.45, 7) is 0. The maximum absolute atomic E-state index is 5.47. The van der Waals surface area contributed by atoms with Crippen molar-refractivity contribution in [2.24, 2.45) is 29.6 Å². The van der Waals surface area contributed by atoms with E-state index in [-0.39, 0.29) is 0 Å². The number of benzene rings is 1. The summed E-state index contributed by atoms with van der Waals surface area (Å²) in [6, 6.07) is 6.84. The number of nitrogens with one attached hydrogen (secondary N) is 1. The lowest BCUT2D eigenvalue weighted by Crippen LogP contribution is -2.22. The highest BCUT2D eigenvalue weighted by Gasteiger charge is 2.66. The molecule has 4 rings (SSSR count). The van der Waals surface area contributed by atoms with Gasteiger partial charge >= 0.3 is 0 Å². The molecule has 3 saturated carbocycles. The van der Waals surface area contributed by atoms with E-state index in [1.165, 1.54) is 24.8 Å². The Morgan fingerprint density at radius 1 is 1.05 bits per heavy atom. The zero-order valence-electron chi connectivity index (χ0n) is 13.1. The summed E-state index contributed by atoms with van der Waals surface area (Å²) in [5, 5.41) is 3.57. The van der Waals surface area contributed by atoms with E-state index in [0.29, 0.717) is 6.04 Å². The highest BCUT2D eigenvalue weighted by atomic mass is 16.5. The van der Waals surface area contributed by atoms with Gasteiger partial charge in [0, 0.05) is 6.04 Å². The van der Waals surface area contributed by atoms with Gasteiger partial charge in [0.15, 0.2) is 11.5 Å². The first-order chi connectivity index (χ1) is 10.3. The molecular formula is C18H25NO2. The fourth-order valence-electron chi connectivity index (χ4n) is 5.47. The fourth-order valence-corrected chi connectivity index (χ4v) is 5.47. The van der Waals surface area contributed by atoms with Crippen LogP contribution in [0.4, 0.5) is 0 Å². The molecule has 5 unspecified atom stereocenters. The van der Waals surface area contributed by atoms with Crippen LogP contribution in [-0.2, 0) is 0 Å². The lowest BCUT2D eigenvalue weighted by atomic mass is 9.93. The van der Waals surface area contributed by atoms with Crippen LogP contribution in [0.1, 0.15) is 30.9 Å². The normalized spacial score (nSPS) is 37.2. The second-order valence-corrected chi connectivity index (χ2v) is 6.95. The Hall–Kier alpha value is -1.22. The van der Waals surface area contributed by atoms with E-state index >= 15 is 0 Å². The minimum Gasteiger partial charge on any atom is -0.493 e. The van der Waals surface area contributed by atoms with Gasteiger partial charge in [0.1, 0.15) is 0 Å². The number of methoxy groups -OCH3 is 2. The molecule has 0 amide bonds. The molecule has 1 N–H and O–H groups in total. The second-order valence-electron chi connectivity index (χ2n) is 6.95. The van der Waals surface area contributed by atoms with Crippen LogP contribution in [-0.4, -0.2) is 21.3 Å². The third kappa shape index (κ3) is 1.90. The molecule has 1 aromatic rings. The van der Waals surface area contributed by atoms with E-state index in [4.69, 9.17) is 9.47 Å². The van der Waals surface area contributed by atoms with Gasteiger partial charge in [-0.05, 0) is 73.6 Å². The first kappa shape index (κ1) is 13.4. The maximum Gasteiger partial charge on any atom is 0.161 e. The van der Waals surface area contributed by atoms with Gasteiger partial charge in [-0.2, -0.15) is 0 Å². The molecule has 3 nitrogen and oxygen atoms in total. The predicted molar refractivity (Wildman–Crippen MR) is 82.6 cm³/mol. The molecular weight excluding hydrogens is 262 g/mol.